The van der Waals surface area contributed by atoms with Crippen molar-refractivity contribution in [2.24, 2.45) is 5.92 Å². The van der Waals surface area contributed by atoms with E-state index in [0.717, 1.165) is 55.6 Å². The van der Waals surface area contributed by atoms with Crippen LogP contribution >= 0.6 is 11.3 Å². The molecule has 0 atom stereocenters. The number of aromatic nitrogens is 1. The fourth-order valence-corrected chi connectivity index (χ4v) is 8.17. The van der Waals surface area contributed by atoms with Gasteiger partial charge in [0.1, 0.15) is 0 Å². The summed E-state index contributed by atoms with van der Waals surface area (Å²) < 4.78 is 76.8. The molecule has 1 aliphatic carbocycles. The van der Waals surface area contributed by atoms with Gasteiger partial charge in [-0.05, 0) is 76.1 Å². The number of amides is 1. The Hall–Kier alpha value is -2.02. The average Bonchev–Trinajstić information content (AvgIpc) is 3.26. The second-order valence-corrected chi connectivity index (χ2v) is 14.5. The number of nitrogens with zero attached hydrogens (tertiary/aromatic N) is 1. The minimum absolute atomic E-state index is 0.0474. The topological polar surface area (TPSA) is 97.4 Å². The minimum atomic E-state index is -4.91. The highest BCUT2D eigenvalue weighted by atomic mass is 32.2. The number of hydrogen-bond donors (Lipinski definition) is 2. The molecule has 0 spiro atoms. The summed E-state index contributed by atoms with van der Waals surface area (Å²) in [6.45, 7) is 7.42. The molecule has 1 aromatic carbocycles. The van der Waals surface area contributed by atoms with Crippen LogP contribution in [0.1, 0.15) is 92.3 Å². The van der Waals surface area contributed by atoms with E-state index in [0.29, 0.717) is 54.5 Å². The zero-order valence-corrected chi connectivity index (χ0v) is 25.0. The Balaban J connectivity index is 1.79. The van der Waals surface area contributed by atoms with E-state index in [1.807, 2.05) is 0 Å². The molecule has 7 nitrogen and oxygen atoms in total. The number of ether oxygens (including phenoxy) is 1. The van der Waals surface area contributed by atoms with Crippen molar-refractivity contribution in [3.63, 3.8) is 0 Å². The van der Waals surface area contributed by atoms with Gasteiger partial charge in [0, 0.05) is 24.8 Å². The fourth-order valence-electron chi connectivity index (χ4n) is 5.38. The molecule has 40 heavy (non-hydrogen) atoms. The smallest absolute Gasteiger partial charge is 0.381 e. The van der Waals surface area contributed by atoms with Crippen molar-refractivity contribution < 1.29 is 31.1 Å². The van der Waals surface area contributed by atoms with Crippen LogP contribution in [-0.4, -0.2) is 44.1 Å². The lowest BCUT2D eigenvalue weighted by Crippen LogP contribution is -2.41. The summed E-state index contributed by atoms with van der Waals surface area (Å²) in [7, 11) is -4.47. The lowest BCUT2D eigenvalue weighted by molar-refractivity contribution is -0.139. The third-order valence-corrected chi connectivity index (χ3v) is 10.2. The van der Waals surface area contributed by atoms with E-state index in [1.54, 1.807) is 27.7 Å². The summed E-state index contributed by atoms with van der Waals surface area (Å²) in [5, 5.41) is 3.19. The molecule has 2 aliphatic rings. The van der Waals surface area contributed by atoms with Crippen LogP contribution in [0.2, 0.25) is 0 Å². The molecule has 4 rings (SSSR count). The van der Waals surface area contributed by atoms with Crippen molar-refractivity contribution in [2.75, 3.05) is 13.2 Å². The molecule has 2 aromatic rings. The second-order valence-electron chi connectivity index (χ2n) is 11.9. The lowest BCUT2D eigenvalue weighted by Gasteiger charge is -2.23. The normalized spacial score (nSPS) is 18.2. The predicted molar refractivity (Wildman–Crippen MR) is 149 cm³/mol. The first-order valence-corrected chi connectivity index (χ1v) is 16.1. The number of rotatable bonds is 7. The van der Waals surface area contributed by atoms with Crippen molar-refractivity contribution in [1.82, 2.24) is 15.0 Å². The van der Waals surface area contributed by atoms with Gasteiger partial charge in [0.25, 0.3) is 5.91 Å². The molecule has 2 heterocycles. The maximum atomic E-state index is 14.3. The monoisotopic (exact) mass is 601 g/mol. The van der Waals surface area contributed by atoms with E-state index in [2.05, 4.69) is 15.0 Å². The summed E-state index contributed by atoms with van der Waals surface area (Å²) >= 11 is 1.07. The third-order valence-electron chi connectivity index (χ3n) is 7.26. The number of thiazole rings is 1. The Morgan fingerprint density at radius 3 is 2.33 bits per heavy atom. The Bertz CT molecular complexity index is 1320. The summed E-state index contributed by atoms with van der Waals surface area (Å²) in [5.41, 5.74) is -1.00. The van der Waals surface area contributed by atoms with Crippen molar-refractivity contribution in [1.29, 1.82) is 0 Å². The maximum absolute atomic E-state index is 14.3. The van der Waals surface area contributed by atoms with Crippen LogP contribution in [-0.2, 0) is 27.4 Å². The summed E-state index contributed by atoms with van der Waals surface area (Å²) in [6, 6.07) is 1.94. The van der Waals surface area contributed by atoms with Crippen LogP contribution in [0.3, 0.4) is 0 Å². The molecule has 1 amide bonds. The average molecular weight is 602 g/mol. The van der Waals surface area contributed by atoms with Gasteiger partial charge in [-0.3, -0.25) is 4.79 Å². The standard InChI is InChI=1S/C28H38F3N3O4S2/c1-17-14-23(40(36,37)34-27(2,3)4)21(28(29,30)31)16-20(17)24-22(15-18-8-6-5-7-9-18)33-26(39-24)25(35)32-19-10-12-38-13-11-19/h14,16,18-19,34H,5-13,15H2,1-4H3,(H,32,35). The van der Waals surface area contributed by atoms with Crippen LogP contribution < -0.4 is 10.0 Å². The van der Waals surface area contributed by atoms with Gasteiger partial charge in [0.05, 0.1) is 21.0 Å². The Labute approximate surface area is 238 Å². The minimum Gasteiger partial charge on any atom is -0.381 e. The molecule has 12 heteroatoms. The van der Waals surface area contributed by atoms with Gasteiger partial charge in [0.15, 0.2) is 5.01 Å². The first-order valence-electron chi connectivity index (χ1n) is 13.8. The Morgan fingerprint density at radius 1 is 1.07 bits per heavy atom. The van der Waals surface area contributed by atoms with E-state index in [-0.39, 0.29) is 22.5 Å². The zero-order valence-electron chi connectivity index (χ0n) is 23.4. The fraction of sp³-hybridized carbons (Fsp3) is 0.643. The molecular weight excluding hydrogens is 563 g/mol. The Morgan fingerprint density at radius 2 is 1.73 bits per heavy atom. The molecule has 0 bridgehead atoms. The Kier molecular flexibility index (Phi) is 9.33. The molecule has 0 radical (unpaired) electrons. The second kappa shape index (κ2) is 12.1. The third kappa shape index (κ3) is 7.63. The quantitative estimate of drug-likeness (QED) is 0.391. The molecule has 2 fully saturated rings. The van der Waals surface area contributed by atoms with E-state index in [1.165, 1.54) is 0 Å². The van der Waals surface area contributed by atoms with Crippen LogP contribution in [0.15, 0.2) is 17.0 Å². The highest BCUT2D eigenvalue weighted by Crippen LogP contribution is 2.42. The van der Waals surface area contributed by atoms with Crippen molar-refractivity contribution >= 4 is 27.3 Å². The first kappa shape index (κ1) is 30.9. The number of alkyl halides is 3. The largest absolute Gasteiger partial charge is 0.417 e. The van der Waals surface area contributed by atoms with E-state index >= 15 is 0 Å². The van der Waals surface area contributed by atoms with E-state index in [4.69, 9.17) is 4.74 Å². The van der Waals surface area contributed by atoms with Crippen molar-refractivity contribution in [3.8, 4) is 10.4 Å². The predicted octanol–water partition coefficient (Wildman–Crippen LogP) is 6.25. The zero-order chi connectivity index (χ0) is 29.3. The van der Waals surface area contributed by atoms with Crippen molar-refractivity contribution in [2.45, 2.75) is 102 Å². The summed E-state index contributed by atoms with van der Waals surface area (Å²) in [4.78, 5) is 17.5. The van der Waals surface area contributed by atoms with Crippen LogP contribution in [0.4, 0.5) is 13.2 Å². The van der Waals surface area contributed by atoms with Gasteiger partial charge in [-0.15, -0.1) is 11.3 Å². The highest BCUT2D eigenvalue weighted by Gasteiger charge is 2.39. The van der Waals surface area contributed by atoms with Crippen LogP contribution in [0, 0.1) is 12.8 Å². The summed E-state index contributed by atoms with van der Waals surface area (Å²) in [5.74, 6) is -0.0191. The van der Waals surface area contributed by atoms with Crippen LogP contribution in [0.25, 0.3) is 10.4 Å². The number of carbonyl (C=O) groups excluding carboxylic acids is 1. The summed E-state index contributed by atoms with van der Waals surface area (Å²) in [6.07, 6.45) is 2.36. The lowest BCUT2D eigenvalue weighted by atomic mass is 9.85. The number of carbonyl (C=O) groups is 1. The molecule has 0 unspecified atom stereocenters. The SMILES string of the molecule is Cc1cc(S(=O)(=O)NC(C)(C)C)c(C(F)(F)F)cc1-c1sc(C(=O)NC2CCOCC2)nc1CC1CCCCC1. The maximum Gasteiger partial charge on any atom is 0.417 e. The number of aryl methyl sites for hydroxylation is 1. The van der Waals surface area contributed by atoms with Gasteiger partial charge >= 0.3 is 6.18 Å². The molecule has 2 N–H and O–H groups in total. The molecule has 1 saturated heterocycles. The van der Waals surface area contributed by atoms with Gasteiger partial charge in [-0.1, -0.05) is 32.1 Å². The van der Waals surface area contributed by atoms with E-state index < -0.39 is 32.2 Å². The molecule has 1 aromatic heterocycles. The number of halogens is 3. The first-order chi connectivity index (χ1) is 18.6. The molecule has 1 aliphatic heterocycles. The van der Waals surface area contributed by atoms with E-state index in [9.17, 15) is 26.4 Å². The number of benzene rings is 1. The van der Waals surface area contributed by atoms with Gasteiger partial charge in [-0.25, -0.2) is 18.1 Å². The number of nitrogens with one attached hydrogen (secondary N) is 2. The number of hydrogen-bond acceptors (Lipinski definition) is 6. The van der Waals surface area contributed by atoms with Crippen molar-refractivity contribution in [3.05, 3.63) is 34.0 Å². The van der Waals surface area contributed by atoms with Gasteiger partial charge in [0.2, 0.25) is 10.0 Å². The van der Waals surface area contributed by atoms with Gasteiger partial charge in [-0.2, -0.15) is 13.2 Å². The molecule has 1 saturated carbocycles. The van der Waals surface area contributed by atoms with Gasteiger partial charge < -0.3 is 10.1 Å². The molecule has 222 valence electrons. The highest BCUT2D eigenvalue weighted by molar-refractivity contribution is 7.89. The van der Waals surface area contributed by atoms with Crippen LogP contribution in [0.5, 0.6) is 0 Å². The molecular formula is C28H38F3N3O4S2. The number of sulfonamides is 1.